The Hall–Kier alpha value is -1.50. The molecule has 0 bridgehead atoms. The molecule has 0 amide bonds. The first-order chi connectivity index (χ1) is 9.54. The fourth-order valence-electron chi connectivity index (χ4n) is 2.18. The maximum absolute atomic E-state index is 12.2. The molecule has 0 radical (unpaired) electrons. The predicted molar refractivity (Wildman–Crippen MR) is 85.1 cm³/mol. The Labute approximate surface area is 124 Å². The van der Waals surface area contributed by atoms with Gasteiger partial charge >= 0.3 is 0 Å². The largest absolute Gasteiger partial charge is 0.376 e. The lowest BCUT2D eigenvalue weighted by molar-refractivity contribution is 0.0876. The molecule has 1 aromatic rings. The lowest BCUT2D eigenvalue weighted by Crippen LogP contribution is -2.46. The molecule has 6 heteroatoms. The number of carbonyl (C=O) groups excluding carboxylic acids is 1. The third kappa shape index (κ3) is 4.26. The van der Waals surface area contributed by atoms with E-state index in [2.05, 4.69) is 22.2 Å². The summed E-state index contributed by atoms with van der Waals surface area (Å²) in [5, 5.41) is 3.06. The van der Waals surface area contributed by atoms with Crippen molar-refractivity contribution in [2.24, 2.45) is 5.73 Å². The van der Waals surface area contributed by atoms with Gasteiger partial charge in [-0.05, 0) is 43.5 Å². The van der Waals surface area contributed by atoms with E-state index in [-0.39, 0.29) is 10.9 Å². The number of rotatable bonds is 4. The zero-order chi connectivity index (χ0) is 14.5. The second kappa shape index (κ2) is 6.78. The van der Waals surface area contributed by atoms with Crippen LogP contribution in [0.3, 0.4) is 0 Å². The van der Waals surface area contributed by atoms with Gasteiger partial charge in [0.25, 0.3) is 0 Å². The number of nitrogens with two attached hydrogens (primary N) is 1. The van der Waals surface area contributed by atoms with Crippen molar-refractivity contribution in [2.45, 2.75) is 0 Å². The van der Waals surface area contributed by atoms with Gasteiger partial charge < -0.3 is 16.0 Å². The SMILES string of the molecule is CN1CCN(CC(=O)c2ccc(NC(N)=S)cc2)CC1. The molecule has 0 spiro atoms. The molecule has 2 rings (SSSR count). The molecule has 0 saturated carbocycles. The second-order valence-electron chi connectivity index (χ2n) is 5.07. The third-order valence-electron chi connectivity index (χ3n) is 3.44. The van der Waals surface area contributed by atoms with Crippen LogP contribution < -0.4 is 11.1 Å². The molecule has 1 fully saturated rings. The van der Waals surface area contributed by atoms with Crippen molar-refractivity contribution < 1.29 is 4.79 Å². The quantitative estimate of drug-likeness (QED) is 0.631. The monoisotopic (exact) mass is 292 g/mol. The number of hydrogen-bond donors (Lipinski definition) is 2. The molecule has 0 aromatic heterocycles. The molecule has 1 saturated heterocycles. The average Bonchev–Trinajstić information content (AvgIpc) is 2.41. The fourth-order valence-corrected chi connectivity index (χ4v) is 2.30. The van der Waals surface area contributed by atoms with Crippen LogP contribution in [0, 0.1) is 0 Å². The maximum atomic E-state index is 12.2. The molecule has 0 aliphatic carbocycles. The van der Waals surface area contributed by atoms with Gasteiger partial charge in [-0.15, -0.1) is 0 Å². The summed E-state index contributed by atoms with van der Waals surface area (Å²) in [5.41, 5.74) is 6.92. The van der Waals surface area contributed by atoms with Crippen molar-refractivity contribution in [1.29, 1.82) is 0 Å². The van der Waals surface area contributed by atoms with Crippen LogP contribution in [0.5, 0.6) is 0 Å². The number of ketones is 1. The number of carbonyl (C=O) groups is 1. The van der Waals surface area contributed by atoms with Crippen LogP contribution in [0.2, 0.25) is 0 Å². The molecule has 108 valence electrons. The number of thiocarbonyl (C=S) groups is 1. The summed E-state index contributed by atoms with van der Waals surface area (Å²) in [6.07, 6.45) is 0. The molecule has 1 aliphatic rings. The topological polar surface area (TPSA) is 61.6 Å². The van der Waals surface area contributed by atoms with Gasteiger partial charge in [0.15, 0.2) is 10.9 Å². The Kier molecular flexibility index (Phi) is 5.05. The first-order valence-corrected chi connectivity index (χ1v) is 7.06. The van der Waals surface area contributed by atoms with Gasteiger partial charge in [0.2, 0.25) is 0 Å². The van der Waals surface area contributed by atoms with Crippen LogP contribution in [0.25, 0.3) is 0 Å². The highest BCUT2D eigenvalue weighted by Gasteiger charge is 2.17. The number of nitrogens with one attached hydrogen (secondary N) is 1. The molecule has 20 heavy (non-hydrogen) atoms. The number of Topliss-reactive ketones (excluding diaryl/α,β-unsaturated/α-hetero) is 1. The van der Waals surface area contributed by atoms with Crippen LogP contribution in [-0.2, 0) is 0 Å². The third-order valence-corrected chi connectivity index (χ3v) is 3.54. The minimum absolute atomic E-state index is 0.149. The predicted octanol–water partition coefficient (Wildman–Crippen LogP) is 0.772. The van der Waals surface area contributed by atoms with E-state index in [9.17, 15) is 4.79 Å². The van der Waals surface area contributed by atoms with E-state index in [1.165, 1.54) is 0 Å². The number of benzene rings is 1. The Bertz CT molecular complexity index is 480. The van der Waals surface area contributed by atoms with Gasteiger partial charge in [-0.2, -0.15) is 0 Å². The fraction of sp³-hybridized carbons (Fsp3) is 0.429. The standard InChI is InChI=1S/C14H20N4OS/c1-17-6-8-18(9-7-17)10-13(19)11-2-4-12(5-3-11)16-14(15)20/h2-5H,6-10H2,1H3,(H3,15,16,20). The van der Waals surface area contributed by atoms with Crippen LogP contribution in [0.4, 0.5) is 5.69 Å². The summed E-state index contributed by atoms with van der Waals surface area (Å²) < 4.78 is 0. The van der Waals surface area contributed by atoms with Gasteiger partial charge in [-0.3, -0.25) is 9.69 Å². The Morgan fingerprint density at radius 2 is 1.85 bits per heavy atom. The molecule has 0 atom stereocenters. The van der Waals surface area contributed by atoms with Gasteiger partial charge in [-0.25, -0.2) is 0 Å². The second-order valence-corrected chi connectivity index (χ2v) is 5.51. The van der Waals surface area contributed by atoms with E-state index < -0.39 is 0 Å². The van der Waals surface area contributed by atoms with E-state index in [1.54, 1.807) is 12.1 Å². The molecule has 5 nitrogen and oxygen atoms in total. The molecule has 1 heterocycles. The van der Waals surface area contributed by atoms with Crippen molar-refractivity contribution >= 4 is 28.8 Å². The molecule has 1 aromatic carbocycles. The number of nitrogens with zero attached hydrogens (tertiary/aromatic N) is 2. The lowest BCUT2D eigenvalue weighted by atomic mass is 10.1. The summed E-state index contributed by atoms with van der Waals surface area (Å²) in [7, 11) is 2.10. The number of hydrogen-bond acceptors (Lipinski definition) is 4. The zero-order valence-corrected chi connectivity index (χ0v) is 12.4. The highest BCUT2D eigenvalue weighted by Crippen LogP contribution is 2.11. The highest BCUT2D eigenvalue weighted by atomic mass is 32.1. The van der Waals surface area contributed by atoms with Crippen molar-refractivity contribution in [1.82, 2.24) is 9.80 Å². The van der Waals surface area contributed by atoms with Crippen molar-refractivity contribution in [3.8, 4) is 0 Å². The van der Waals surface area contributed by atoms with Crippen molar-refractivity contribution in [2.75, 3.05) is 45.1 Å². The van der Waals surface area contributed by atoms with E-state index in [1.807, 2.05) is 12.1 Å². The minimum Gasteiger partial charge on any atom is -0.376 e. The minimum atomic E-state index is 0.149. The van der Waals surface area contributed by atoms with Crippen molar-refractivity contribution in [3.63, 3.8) is 0 Å². The van der Waals surface area contributed by atoms with Gasteiger partial charge in [0.1, 0.15) is 0 Å². The summed E-state index contributed by atoms with van der Waals surface area (Å²) in [5.74, 6) is 0.149. The first kappa shape index (κ1) is 14.9. The summed E-state index contributed by atoms with van der Waals surface area (Å²) >= 11 is 4.77. The summed E-state index contributed by atoms with van der Waals surface area (Å²) in [4.78, 5) is 16.7. The number of anilines is 1. The Morgan fingerprint density at radius 1 is 1.25 bits per heavy atom. The first-order valence-electron chi connectivity index (χ1n) is 6.65. The summed E-state index contributed by atoms with van der Waals surface area (Å²) in [6, 6.07) is 7.24. The van der Waals surface area contributed by atoms with Gasteiger partial charge in [0.05, 0.1) is 6.54 Å². The molecule has 3 N–H and O–H groups in total. The Balaban J connectivity index is 1.90. The van der Waals surface area contributed by atoms with Crippen LogP contribution in [0.15, 0.2) is 24.3 Å². The smallest absolute Gasteiger partial charge is 0.176 e. The van der Waals surface area contributed by atoms with Crippen LogP contribution in [0.1, 0.15) is 10.4 Å². The number of piperazine rings is 1. The molecular weight excluding hydrogens is 272 g/mol. The normalized spacial score (nSPS) is 16.9. The zero-order valence-electron chi connectivity index (χ0n) is 11.6. The van der Waals surface area contributed by atoms with Crippen LogP contribution in [-0.4, -0.2) is 60.5 Å². The average molecular weight is 292 g/mol. The number of likely N-dealkylation sites (N-methyl/N-ethyl adjacent to an activating group) is 1. The van der Waals surface area contributed by atoms with E-state index in [4.69, 9.17) is 18.0 Å². The van der Waals surface area contributed by atoms with Gasteiger partial charge in [-0.1, -0.05) is 0 Å². The van der Waals surface area contributed by atoms with E-state index >= 15 is 0 Å². The van der Waals surface area contributed by atoms with Gasteiger partial charge in [0, 0.05) is 37.4 Å². The Morgan fingerprint density at radius 3 is 2.40 bits per heavy atom. The van der Waals surface area contributed by atoms with Crippen molar-refractivity contribution in [3.05, 3.63) is 29.8 Å². The van der Waals surface area contributed by atoms with E-state index in [0.29, 0.717) is 6.54 Å². The molecule has 0 unspecified atom stereocenters. The highest BCUT2D eigenvalue weighted by molar-refractivity contribution is 7.80. The van der Waals surface area contributed by atoms with E-state index in [0.717, 1.165) is 37.4 Å². The van der Waals surface area contributed by atoms with Crippen LogP contribution >= 0.6 is 12.2 Å². The molecular formula is C14H20N4OS. The summed E-state index contributed by atoms with van der Waals surface area (Å²) in [6.45, 7) is 4.41. The molecule has 1 aliphatic heterocycles. The maximum Gasteiger partial charge on any atom is 0.176 e. The lowest BCUT2D eigenvalue weighted by Gasteiger charge is -2.31.